The minimum atomic E-state index is -3.86. The molecular weight excluding hydrogens is 598 g/mol. The Morgan fingerprint density at radius 2 is 1.39 bits per heavy atom. The van der Waals surface area contributed by atoms with Crippen molar-refractivity contribution in [3.63, 3.8) is 0 Å². The Morgan fingerprint density at radius 3 is 1.89 bits per heavy atom. The maximum Gasteiger partial charge on any atom is 0.506 e. The largest absolute Gasteiger partial charge is 0.506 e. The zero-order chi connectivity index (χ0) is 31.0. The van der Waals surface area contributed by atoms with Gasteiger partial charge in [-0.1, -0.05) is 115 Å². The average molecular weight is 630 g/mol. The number of aromatic amines is 1. The molecule has 1 heterocycles. The Hall–Kier alpha value is -4.44. The molecule has 1 unspecified atom stereocenters. The molecular formula is C34H32ClN3O5S. The first-order valence-electron chi connectivity index (χ1n) is 14.1. The number of benzene rings is 4. The van der Waals surface area contributed by atoms with Gasteiger partial charge in [-0.25, -0.2) is 22.9 Å². The number of hydrogen-bond acceptors (Lipinski definition) is 5. The Kier molecular flexibility index (Phi) is 9.79. The molecule has 0 saturated carbocycles. The molecule has 0 amide bonds. The van der Waals surface area contributed by atoms with Crippen LogP contribution in [0.3, 0.4) is 0 Å². The van der Waals surface area contributed by atoms with E-state index < -0.39 is 33.5 Å². The highest BCUT2D eigenvalue weighted by molar-refractivity contribution is 7.89. The van der Waals surface area contributed by atoms with E-state index in [0.717, 1.165) is 27.9 Å². The van der Waals surface area contributed by atoms with E-state index in [2.05, 4.69) is 46.1 Å². The Balaban J connectivity index is 1.40. The van der Waals surface area contributed by atoms with Gasteiger partial charge < -0.3 is 14.8 Å². The van der Waals surface area contributed by atoms with Crippen LogP contribution in [0.2, 0.25) is 5.02 Å². The van der Waals surface area contributed by atoms with Gasteiger partial charge in [0.05, 0.1) is 0 Å². The van der Waals surface area contributed by atoms with Gasteiger partial charge in [-0.3, -0.25) is 0 Å². The summed E-state index contributed by atoms with van der Waals surface area (Å²) in [5, 5.41) is 9.87. The number of aromatic nitrogens is 2. The van der Waals surface area contributed by atoms with Crippen LogP contribution in [0.25, 0.3) is 0 Å². The molecule has 1 atom stereocenters. The maximum atomic E-state index is 12.9. The van der Waals surface area contributed by atoms with Crippen molar-refractivity contribution in [3.8, 4) is 0 Å². The number of nitrogens with one attached hydrogen (secondary N) is 2. The molecule has 1 aromatic heterocycles. The molecule has 5 rings (SSSR count). The fourth-order valence-electron chi connectivity index (χ4n) is 5.39. The van der Waals surface area contributed by atoms with E-state index in [0.29, 0.717) is 17.3 Å². The Morgan fingerprint density at radius 1 is 0.864 bits per heavy atom. The number of ether oxygens (including phenoxy) is 1. The molecule has 0 bridgehead atoms. The summed E-state index contributed by atoms with van der Waals surface area (Å²) >= 11 is 5.91. The van der Waals surface area contributed by atoms with Crippen LogP contribution in [0.5, 0.6) is 0 Å². The number of halogens is 1. The summed E-state index contributed by atoms with van der Waals surface area (Å²) in [7, 11) is -3.86. The number of imidazole rings is 1. The Bertz CT molecular complexity index is 1670. The van der Waals surface area contributed by atoms with Gasteiger partial charge >= 0.3 is 6.16 Å². The van der Waals surface area contributed by atoms with Crippen LogP contribution in [0, 0.1) is 0 Å². The van der Waals surface area contributed by atoms with E-state index in [1.165, 1.54) is 0 Å². The van der Waals surface area contributed by atoms with Crippen LogP contribution in [0.1, 0.15) is 40.2 Å². The summed E-state index contributed by atoms with van der Waals surface area (Å²) in [6, 6.07) is 37.1. The van der Waals surface area contributed by atoms with Crippen molar-refractivity contribution in [1.82, 2.24) is 14.7 Å². The summed E-state index contributed by atoms with van der Waals surface area (Å²) in [5.74, 6) is 0.166. The van der Waals surface area contributed by atoms with Gasteiger partial charge in [0.15, 0.2) is 0 Å². The van der Waals surface area contributed by atoms with E-state index in [1.807, 2.05) is 54.6 Å². The minimum absolute atomic E-state index is 0.0454. The predicted octanol–water partition coefficient (Wildman–Crippen LogP) is 6.56. The highest BCUT2D eigenvalue weighted by atomic mass is 35.5. The topological polar surface area (TPSA) is 121 Å². The van der Waals surface area contributed by atoms with Gasteiger partial charge in [0.25, 0.3) is 0 Å². The first-order valence-corrected chi connectivity index (χ1v) is 16.1. The molecule has 0 spiro atoms. The van der Waals surface area contributed by atoms with E-state index in [9.17, 15) is 18.3 Å². The van der Waals surface area contributed by atoms with Crippen molar-refractivity contribution >= 4 is 27.8 Å². The van der Waals surface area contributed by atoms with E-state index >= 15 is 0 Å². The van der Waals surface area contributed by atoms with Crippen molar-refractivity contribution in [1.29, 1.82) is 0 Å². The van der Waals surface area contributed by atoms with Gasteiger partial charge in [-0.2, -0.15) is 0 Å². The number of rotatable bonds is 13. The van der Waals surface area contributed by atoms with Gasteiger partial charge in [0.1, 0.15) is 23.1 Å². The lowest BCUT2D eigenvalue weighted by molar-refractivity contribution is 0.0570. The zero-order valence-corrected chi connectivity index (χ0v) is 25.3. The molecule has 8 nitrogen and oxygen atoms in total. The molecule has 0 aliphatic carbocycles. The third-order valence-electron chi connectivity index (χ3n) is 7.42. The maximum absolute atomic E-state index is 12.9. The highest BCUT2D eigenvalue weighted by Gasteiger charge is 2.41. The lowest BCUT2D eigenvalue weighted by Gasteiger charge is -2.34. The van der Waals surface area contributed by atoms with Gasteiger partial charge in [-0.05, 0) is 47.2 Å². The molecule has 4 aromatic carbocycles. The van der Waals surface area contributed by atoms with Gasteiger partial charge in [-0.15, -0.1) is 0 Å². The van der Waals surface area contributed by atoms with E-state index in [4.69, 9.17) is 21.3 Å². The minimum Gasteiger partial charge on any atom is -0.450 e. The van der Waals surface area contributed by atoms with Gasteiger partial charge in [0, 0.05) is 23.5 Å². The van der Waals surface area contributed by atoms with E-state index in [-0.39, 0.29) is 13.0 Å². The second-order valence-electron chi connectivity index (χ2n) is 10.4. The van der Waals surface area contributed by atoms with Crippen LogP contribution >= 0.6 is 11.6 Å². The van der Waals surface area contributed by atoms with Crippen LogP contribution < -0.4 is 4.72 Å². The molecule has 0 saturated heterocycles. The number of hydrogen-bond donors (Lipinski definition) is 3. The molecule has 0 aliphatic heterocycles. The SMILES string of the molecule is O=C(O)OC(CCc1cnc(C(c2ccccc2)(c2ccccc2)c2ccccc2)[nH]1)CS(=O)(=O)NCc1ccc(Cl)cc1. The van der Waals surface area contributed by atoms with Crippen LogP contribution in [0.4, 0.5) is 4.79 Å². The standard InChI is InChI=1S/C34H32ClN3O5S/c35-29-18-16-25(17-19-29)22-37-44(41,42)24-31(43-33(39)40)21-20-30-23-36-32(38-30)34(26-10-4-1-5-11-26,27-12-6-2-7-13-27)28-14-8-3-9-15-28/h1-19,23,31,37H,20-22,24H2,(H,36,38)(H,39,40). The fraction of sp³-hybridized carbons (Fsp3) is 0.176. The molecule has 0 aliphatic rings. The monoisotopic (exact) mass is 629 g/mol. The number of sulfonamides is 1. The molecule has 226 valence electrons. The van der Waals surface area contributed by atoms with Crippen molar-refractivity contribution in [2.45, 2.75) is 30.9 Å². The average Bonchev–Trinajstić information content (AvgIpc) is 3.50. The number of H-pyrrole nitrogens is 1. The lowest BCUT2D eigenvalue weighted by Crippen LogP contribution is -2.34. The summed E-state index contributed by atoms with van der Waals surface area (Å²) in [4.78, 5) is 19.8. The summed E-state index contributed by atoms with van der Waals surface area (Å²) in [6.07, 6.45) is -0.477. The first-order chi connectivity index (χ1) is 21.3. The van der Waals surface area contributed by atoms with Crippen molar-refractivity contribution in [2.24, 2.45) is 0 Å². The Labute approximate surface area is 261 Å². The lowest BCUT2D eigenvalue weighted by atomic mass is 9.69. The quantitative estimate of drug-likeness (QED) is 0.100. The third kappa shape index (κ3) is 7.37. The number of nitrogens with zero attached hydrogens (tertiary/aromatic N) is 1. The number of aryl methyl sites for hydroxylation is 1. The second-order valence-corrected chi connectivity index (χ2v) is 12.7. The highest BCUT2D eigenvalue weighted by Crippen LogP contribution is 2.43. The second kappa shape index (κ2) is 13.9. The molecule has 44 heavy (non-hydrogen) atoms. The van der Waals surface area contributed by atoms with Crippen molar-refractivity contribution in [2.75, 3.05) is 5.75 Å². The third-order valence-corrected chi connectivity index (χ3v) is 9.07. The van der Waals surface area contributed by atoms with Crippen LogP contribution in [-0.2, 0) is 33.1 Å². The fourth-order valence-corrected chi connectivity index (χ4v) is 6.74. The van der Waals surface area contributed by atoms with Crippen LogP contribution in [0.15, 0.2) is 121 Å². The van der Waals surface area contributed by atoms with Gasteiger partial charge in [0.2, 0.25) is 10.0 Å². The van der Waals surface area contributed by atoms with Crippen molar-refractivity contribution < 1.29 is 23.1 Å². The smallest absolute Gasteiger partial charge is 0.450 e. The number of carbonyl (C=O) groups is 1. The molecule has 0 fully saturated rings. The van der Waals surface area contributed by atoms with Crippen molar-refractivity contribution in [3.05, 3.63) is 160 Å². The normalized spacial score (nSPS) is 12.5. The summed E-state index contributed by atoms with van der Waals surface area (Å²) in [6.45, 7) is 0.0454. The zero-order valence-electron chi connectivity index (χ0n) is 23.8. The number of carboxylic acid groups (broad SMARTS) is 1. The first kappa shape index (κ1) is 31.0. The van der Waals surface area contributed by atoms with Crippen LogP contribution in [-0.4, -0.2) is 41.5 Å². The predicted molar refractivity (Wildman–Crippen MR) is 170 cm³/mol. The molecule has 10 heteroatoms. The summed E-state index contributed by atoms with van der Waals surface area (Å²) in [5.41, 5.74) is 3.72. The molecule has 0 radical (unpaired) electrons. The molecule has 3 N–H and O–H groups in total. The summed E-state index contributed by atoms with van der Waals surface area (Å²) < 4.78 is 33.2. The molecule has 5 aromatic rings. The van der Waals surface area contributed by atoms with E-state index in [1.54, 1.807) is 30.5 Å².